The minimum absolute atomic E-state index is 0.120. The van der Waals surface area contributed by atoms with Gasteiger partial charge in [0.15, 0.2) is 5.96 Å². The number of nitrogens with one attached hydrogen (secondary N) is 1. The molecule has 0 aromatic heterocycles. The number of hydrogen-bond acceptors (Lipinski definition) is 5. The number of carbonyl (C=O) groups is 1. The molecule has 2 atom stereocenters. The van der Waals surface area contributed by atoms with Crippen LogP contribution < -0.4 is 5.32 Å². The number of ether oxygens (including phenoxy) is 1. The third-order valence-corrected chi connectivity index (χ3v) is 6.60. The summed E-state index contributed by atoms with van der Waals surface area (Å²) in [4.78, 5) is 23.8. The molecule has 2 heterocycles. The van der Waals surface area contributed by atoms with Crippen molar-refractivity contribution in [3.63, 3.8) is 0 Å². The van der Waals surface area contributed by atoms with Crippen molar-refractivity contribution in [1.29, 1.82) is 0 Å². The molecule has 166 valence electrons. The third kappa shape index (κ3) is 6.06. The van der Waals surface area contributed by atoms with E-state index in [1.807, 2.05) is 4.90 Å². The van der Waals surface area contributed by atoms with Gasteiger partial charge in [0.25, 0.3) is 0 Å². The van der Waals surface area contributed by atoms with E-state index in [1.54, 1.807) is 0 Å². The first-order chi connectivity index (χ1) is 14.0. The van der Waals surface area contributed by atoms with Crippen LogP contribution in [0.3, 0.4) is 0 Å². The molecule has 0 radical (unpaired) electrons. The summed E-state index contributed by atoms with van der Waals surface area (Å²) in [5.74, 6) is 1.15. The van der Waals surface area contributed by atoms with Gasteiger partial charge in [0.1, 0.15) is 0 Å². The Bertz CT molecular complexity index is 559. The Morgan fingerprint density at radius 3 is 2.52 bits per heavy atom. The molecule has 0 bridgehead atoms. The largest absolute Gasteiger partial charge is 0.392 e. The van der Waals surface area contributed by atoms with Gasteiger partial charge in [0, 0.05) is 51.2 Å². The summed E-state index contributed by atoms with van der Waals surface area (Å²) in [5, 5.41) is 13.9. The number of hydrogen-bond donors (Lipinski definition) is 2. The Balaban J connectivity index is 1.50. The summed E-state index contributed by atoms with van der Waals surface area (Å²) in [6.45, 7) is 12.4. The topological polar surface area (TPSA) is 80.6 Å². The Labute approximate surface area is 175 Å². The SMILES string of the molecule is CCNC(=NCC1(C)CCCCC1O)N1CCN(CC(=O)N2CCOCC2)CC1. The van der Waals surface area contributed by atoms with Crippen molar-refractivity contribution in [1.82, 2.24) is 20.0 Å². The van der Waals surface area contributed by atoms with Crippen LogP contribution in [-0.4, -0.2) is 110 Å². The molecule has 2 N–H and O–H groups in total. The number of nitrogens with zero attached hydrogens (tertiary/aromatic N) is 4. The van der Waals surface area contributed by atoms with Gasteiger partial charge in [-0.1, -0.05) is 19.8 Å². The molecule has 3 rings (SSSR count). The Kier molecular flexibility index (Phi) is 8.15. The molecule has 1 saturated carbocycles. The second kappa shape index (κ2) is 10.6. The van der Waals surface area contributed by atoms with Crippen molar-refractivity contribution in [2.75, 3.05) is 72.1 Å². The summed E-state index contributed by atoms with van der Waals surface area (Å²) in [5.41, 5.74) is -0.120. The van der Waals surface area contributed by atoms with E-state index >= 15 is 0 Å². The molecule has 0 aromatic carbocycles. The van der Waals surface area contributed by atoms with Gasteiger partial charge in [0.2, 0.25) is 5.91 Å². The number of aliphatic imine (C=N–C) groups is 1. The minimum atomic E-state index is -0.258. The predicted molar refractivity (Wildman–Crippen MR) is 114 cm³/mol. The maximum atomic E-state index is 12.5. The van der Waals surface area contributed by atoms with Crippen LogP contribution in [0.1, 0.15) is 39.5 Å². The van der Waals surface area contributed by atoms with E-state index in [0.717, 1.165) is 57.9 Å². The fraction of sp³-hybridized carbons (Fsp3) is 0.905. The van der Waals surface area contributed by atoms with Crippen molar-refractivity contribution in [2.24, 2.45) is 10.4 Å². The summed E-state index contributed by atoms with van der Waals surface area (Å²) in [6.07, 6.45) is 3.96. The van der Waals surface area contributed by atoms with Crippen molar-refractivity contribution >= 4 is 11.9 Å². The van der Waals surface area contributed by atoms with Gasteiger partial charge in [-0.3, -0.25) is 14.7 Å². The highest BCUT2D eigenvalue weighted by Crippen LogP contribution is 2.36. The molecule has 1 amide bonds. The van der Waals surface area contributed by atoms with Crippen molar-refractivity contribution in [3.8, 4) is 0 Å². The standard InChI is InChI=1S/C21H39N5O3/c1-3-22-20(23-17-21(2)7-5-4-6-18(21)27)26-10-8-24(9-11-26)16-19(28)25-12-14-29-15-13-25/h18,27H,3-17H2,1-2H3,(H,22,23). The Morgan fingerprint density at radius 2 is 1.86 bits per heavy atom. The van der Waals surface area contributed by atoms with E-state index in [4.69, 9.17) is 9.73 Å². The second-order valence-electron chi connectivity index (χ2n) is 8.84. The van der Waals surface area contributed by atoms with Gasteiger partial charge < -0.3 is 25.0 Å². The Hall–Kier alpha value is -1.38. The number of guanidine groups is 1. The van der Waals surface area contributed by atoms with E-state index in [2.05, 4.69) is 29.0 Å². The zero-order chi connectivity index (χ0) is 20.7. The van der Waals surface area contributed by atoms with Crippen molar-refractivity contribution < 1.29 is 14.6 Å². The number of aliphatic hydroxyl groups excluding tert-OH is 1. The fourth-order valence-electron chi connectivity index (χ4n) is 4.47. The molecule has 2 aliphatic heterocycles. The molecule has 3 fully saturated rings. The predicted octanol–water partition coefficient (Wildman–Crippen LogP) is 0.370. The summed E-state index contributed by atoms with van der Waals surface area (Å²) in [6, 6.07) is 0. The number of rotatable bonds is 5. The highest BCUT2D eigenvalue weighted by atomic mass is 16.5. The van der Waals surface area contributed by atoms with E-state index < -0.39 is 0 Å². The smallest absolute Gasteiger partial charge is 0.236 e. The van der Waals surface area contributed by atoms with Crippen LogP contribution in [0.25, 0.3) is 0 Å². The van der Waals surface area contributed by atoms with Crippen LogP contribution in [0.2, 0.25) is 0 Å². The highest BCUT2D eigenvalue weighted by molar-refractivity contribution is 5.80. The first kappa shape index (κ1) is 22.3. The second-order valence-corrected chi connectivity index (χ2v) is 8.84. The van der Waals surface area contributed by atoms with Gasteiger partial charge in [-0.15, -0.1) is 0 Å². The van der Waals surface area contributed by atoms with Gasteiger partial charge in [-0.25, -0.2) is 0 Å². The molecule has 3 aliphatic rings. The average molecular weight is 410 g/mol. The zero-order valence-electron chi connectivity index (χ0n) is 18.2. The van der Waals surface area contributed by atoms with E-state index in [1.165, 1.54) is 6.42 Å². The van der Waals surface area contributed by atoms with E-state index in [0.29, 0.717) is 39.4 Å². The number of morpholine rings is 1. The molecule has 2 saturated heterocycles. The normalized spacial score (nSPS) is 29.8. The minimum Gasteiger partial charge on any atom is -0.392 e. The van der Waals surface area contributed by atoms with Crippen LogP contribution in [0, 0.1) is 5.41 Å². The summed E-state index contributed by atoms with van der Waals surface area (Å²) in [7, 11) is 0. The van der Waals surface area contributed by atoms with Crippen molar-refractivity contribution in [2.45, 2.75) is 45.6 Å². The van der Waals surface area contributed by atoms with E-state index in [-0.39, 0.29) is 17.4 Å². The Morgan fingerprint density at radius 1 is 1.14 bits per heavy atom. The number of amides is 1. The van der Waals surface area contributed by atoms with Gasteiger partial charge >= 0.3 is 0 Å². The lowest BCUT2D eigenvalue weighted by Crippen LogP contribution is -2.55. The van der Waals surface area contributed by atoms with Crippen LogP contribution >= 0.6 is 0 Å². The molecule has 29 heavy (non-hydrogen) atoms. The molecule has 2 unspecified atom stereocenters. The maximum Gasteiger partial charge on any atom is 0.236 e. The fourth-order valence-corrected chi connectivity index (χ4v) is 4.47. The van der Waals surface area contributed by atoms with E-state index in [9.17, 15) is 9.90 Å². The molecule has 0 spiro atoms. The number of carbonyl (C=O) groups excluding carboxylic acids is 1. The highest BCUT2D eigenvalue weighted by Gasteiger charge is 2.35. The number of piperazine rings is 1. The molecule has 0 aromatic rings. The zero-order valence-corrected chi connectivity index (χ0v) is 18.2. The molecular weight excluding hydrogens is 370 g/mol. The first-order valence-corrected chi connectivity index (χ1v) is 11.3. The lowest BCUT2D eigenvalue weighted by Gasteiger charge is -2.39. The maximum absolute atomic E-state index is 12.5. The average Bonchev–Trinajstić information content (AvgIpc) is 2.75. The van der Waals surface area contributed by atoms with Crippen LogP contribution in [0.4, 0.5) is 0 Å². The first-order valence-electron chi connectivity index (χ1n) is 11.3. The summed E-state index contributed by atoms with van der Waals surface area (Å²) < 4.78 is 5.33. The monoisotopic (exact) mass is 409 g/mol. The van der Waals surface area contributed by atoms with Crippen LogP contribution in [0.15, 0.2) is 4.99 Å². The van der Waals surface area contributed by atoms with Gasteiger partial charge in [0.05, 0.1) is 32.4 Å². The molecule has 1 aliphatic carbocycles. The molecule has 8 nitrogen and oxygen atoms in total. The van der Waals surface area contributed by atoms with Crippen LogP contribution in [-0.2, 0) is 9.53 Å². The molecule has 8 heteroatoms. The lowest BCUT2D eigenvalue weighted by molar-refractivity contribution is -0.136. The van der Waals surface area contributed by atoms with Crippen molar-refractivity contribution in [3.05, 3.63) is 0 Å². The van der Waals surface area contributed by atoms with Gasteiger partial charge in [-0.05, 0) is 19.8 Å². The quantitative estimate of drug-likeness (QED) is 0.504. The summed E-state index contributed by atoms with van der Waals surface area (Å²) >= 11 is 0. The number of aliphatic hydroxyl groups is 1. The lowest BCUT2D eigenvalue weighted by atomic mass is 9.73. The molecular formula is C21H39N5O3. The van der Waals surface area contributed by atoms with Crippen LogP contribution in [0.5, 0.6) is 0 Å². The third-order valence-electron chi connectivity index (χ3n) is 6.60. The van der Waals surface area contributed by atoms with Gasteiger partial charge in [-0.2, -0.15) is 0 Å².